The average Bonchev–Trinajstić information content (AvgIpc) is 2.10. The number of hydrogen-bond donors (Lipinski definition) is 0. The van der Waals surface area contributed by atoms with Crippen LogP contribution < -0.4 is 0 Å². The molecule has 0 heterocycles. The number of rotatable bonds is 0. The van der Waals surface area contributed by atoms with Crippen LogP contribution in [0.15, 0.2) is 58.2 Å². The molecule has 52 valence electrons. The van der Waals surface area contributed by atoms with Gasteiger partial charge in [0.05, 0.1) is 0 Å². The van der Waals surface area contributed by atoms with Crippen molar-refractivity contribution in [3.8, 4) is 0 Å². The van der Waals surface area contributed by atoms with Crippen molar-refractivity contribution in [3.05, 3.63) is 58.2 Å². The molecule has 0 bridgehead atoms. The highest BCUT2D eigenvalue weighted by Gasteiger charge is 1.38. The van der Waals surface area contributed by atoms with Crippen molar-refractivity contribution in [1.82, 2.24) is 0 Å². The Hall–Kier alpha value is -2.11. The first kappa shape index (κ1) is 9.89. The molecule has 0 aliphatic carbocycles. The Morgan fingerprint density at radius 3 is 1.50 bits per heavy atom. The zero-order chi connectivity index (χ0) is 9.07. The lowest BCUT2D eigenvalue weighted by Gasteiger charge is -1.38. The van der Waals surface area contributed by atoms with E-state index in [9.17, 15) is 0 Å². The second-order valence-electron chi connectivity index (χ2n) is 1.28. The summed E-state index contributed by atoms with van der Waals surface area (Å²) in [6.07, 6.45) is 0. The summed E-state index contributed by atoms with van der Waals surface area (Å²) < 4.78 is 0. The van der Waals surface area contributed by atoms with Crippen molar-refractivity contribution < 1.29 is 0 Å². The smallest absolute Gasteiger partial charge is 0.0148 e. The first-order valence-corrected chi connectivity index (χ1v) is 3.22. The molecule has 0 atom stereocenters. The lowest BCUT2D eigenvalue weighted by atomic mass is 10.6. The highest BCUT2D eigenvalue weighted by Crippen LogP contribution is 1.53. The fourth-order valence-electron chi connectivity index (χ4n) is 0.257. The van der Waals surface area contributed by atoms with Crippen LogP contribution in [0.25, 0.3) is 0 Å². The SMILES string of the molecule is C=C=C=C=C=C=C=C=C=C=C=S. The molecule has 1 heteroatoms. The van der Waals surface area contributed by atoms with Crippen LogP contribution >= 0.6 is 12.2 Å². The summed E-state index contributed by atoms with van der Waals surface area (Å²) >= 11 is 4.32. The van der Waals surface area contributed by atoms with Gasteiger partial charge < -0.3 is 0 Å². The predicted molar refractivity (Wildman–Crippen MR) is 49.8 cm³/mol. The first-order chi connectivity index (χ1) is 5.91. The van der Waals surface area contributed by atoms with E-state index in [-0.39, 0.29) is 0 Å². The van der Waals surface area contributed by atoms with Crippen LogP contribution in [0.4, 0.5) is 0 Å². The van der Waals surface area contributed by atoms with Gasteiger partial charge in [-0.05, 0) is 41.7 Å². The van der Waals surface area contributed by atoms with Crippen molar-refractivity contribution >= 4 is 17.2 Å². The lowest BCUT2D eigenvalue weighted by Crippen LogP contribution is -1.24. The van der Waals surface area contributed by atoms with E-state index >= 15 is 0 Å². The zero-order valence-corrected chi connectivity index (χ0v) is 6.93. The second-order valence-corrected chi connectivity index (χ2v) is 1.48. The Balaban J connectivity index is 5.45. The van der Waals surface area contributed by atoms with Gasteiger partial charge in [0.15, 0.2) is 0 Å². The van der Waals surface area contributed by atoms with E-state index in [0.29, 0.717) is 0 Å². The molecule has 0 radical (unpaired) electrons. The molecule has 0 aromatic carbocycles. The van der Waals surface area contributed by atoms with Crippen LogP contribution in [-0.2, 0) is 0 Å². The monoisotopic (exact) mass is 166 g/mol. The van der Waals surface area contributed by atoms with Gasteiger partial charge in [-0.3, -0.25) is 0 Å². The molecular weight excluding hydrogens is 164 g/mol. The average molecular weight is 166 g/mol. The minimum atomic E-state index is 2.20. The maximum absolute atomic E-state index is 4.32. The van der Waals surface area contributed by atoms with Crippen molar-refractivity contribution in [3.63, 3.8) is 0 Å². The molecule has 0 rings (SSSR count). The van der Waals surface area contributed by atoms with Crippen LogP contribution in [0.2, 0.25) is 0 Å². The molecule has 0 aromatic rings. The van der Waals surface area contributed by atoms with Gasteiger partial charge in [0, 0.05) is 27.9 Å². The third kappa shape index (κ3) is 7.89. The summed E-state index contributed by atoms with van der Waals surface area (Å²) in [5, 5.41) is 2.20. The van der Waals surface area contributed by atoms with Gasteiger partial charge in [-0.1, -0.05) is 5.73 Å². The van der Waals surface area contributed by atoms with Crippen LogP contribution in [-0.4, -0.2) is 5.02 Å². The number of thiocarbonyl (C=S) groups is 1. The molecule has 0 aliphatic heterocycles. The van der Waals surface area contributed by atoms with E-state index in [1.807, 2.05) is 0 Å². The van der Waals surface area contributed by atoms with Crippen LogP contribution in [0.1, 0.15) is 0 Å². The molecule has 0 spiro atoms. The van der Waals surface area contributed by atoms with Gasteiger partial charge in [0.1, 0.15) is 0 Å². The van der Waals surface area contributed by atoms with Crippen molar-refractivity contribution in [2.45, 2.75) is 0 Å². The van der Waals surface area contributed by atoms with Crippen LogP contribution in [0, 0.1) is 0 Å². The van der Waals surface area contributed by atoms with Crippen molar-refractivity contribution in [2.75, 3.05) is 0 Å². The molecule has 0 saturated carbocycles. The lowest BCUT2D eigenvalue weighted by molar-refractivity contribution is 2.15. The van der Waals surface area contributed by atoms with Gasteiger partial charge in [-0.15, -0.1) is 0 Å². The Bertz CT molecular complexity index is 454. The fraction of sp³-hybridized carbons (Fsp3) is 0. The Morgan fingerprint density at radius 1 is 0.667 bits per heavy atom. The molecule has 0 N–H and O–H groups in total. The Morgan fingerprint density at radius 2 is 1.08 bits per heavy atom. The summed E-state index contributed by atoms with van der Waals surface area (Å²) in [6, 6.07) is 0. The third-order valence-electron chi connectivity index (χ3n) is 0.577. The molecule has 0 saturated heterocycles. The highest BCUT2D eigenvalue weighted by atomic mass is 32.1. The zero-order valence-electron chi connectivity index (χ0n) is 6.12. The molecule has 0 nitrogen and oxygen atoms in total. The molecule has 12 heavy (non-hydrogen) atoms. The molecule has 0 unspecified atom stereocenters. The largest absolute Gasteiger partial charge is 0.0687 e. The van der Waals surface area contributed by atoms with Gasteiger partial charge in [0.25, 0.3) is 0 Å². The quantitative estimate of drug-likeness (QED) is 0.392. The Kier molecular flexibility index (Phi) is 7.33. The predicted octanol–water partition coefficient (Wildman–Crippen LogP) is 2.17. The Labute approximate surface area is 75.9 Å². The van der Waals surface area contributed by atoms with E-state index in [1.165, 1.54) is 0 Å². The topological polar surface area (TPSA) is 0 Å². The second kappa shape index (κ2) is 8.89. The van der Waals surface area contributed by atoms with E-state index < -0.39 is 0 Å². The summed E-state index contributed by atoms with van der Waals surface area (Å²) in [7, 11) is 0. The van der Waals surface area contributed by atoms with E-state index in [2.05, 4.69) is 75.4 Å². The maximum atomic E-state index is 4.32. The van der Waals surface area contributed by atoms with Gasteiger partial charge in [-0.25, -0.2) is 0 Å². The van der Waals surface area contributed by atoms with Gasteiger partial charge >= 0.3 is 0 Å². The normalized spacial score (nSPS) is 3.67. The third-order valence-corrected chi connectivity index (χ3v) is 0.679. The standard InChI is InChI=1S/C11H2S/c1-2-3-4-5-6-7-8-9-10-11-12/h1H2. The van der Waals surface area contributed by atoms with E-state index in [1.54, 1.807) is 0 Å². The fourth-order valence-corrected chi connectivity index (χ4v) is 0.308. The maximum Gasteiger partial charge on any atom is 0.0148 e. The summed E-state index contributed by atoms with van der Waals surface area (Å²) in [5.41, 5.74) is 21.9. The summed E-state index contributed by atoms with van der Waals surface area (Å²) in [4.78, 5) is 0. The number of hydrogen-bond acceptors (Lipinski definition) is 1. The molecule has 0 amide bonds. The van der Waals surface area contributed by atoms with Gasteiger partial charge in [-0.2, -0.15) is 0 Å². The van der Waals surface area contributed by atoms with Gasteiger partial charge in [0.2, 0.25) is 0 Å². The van der Waals surface area contributed by atoms with Crippen molar-refractivity contribution in [1.29, 1.82) is 0 Å². The van der Waals surface area contributed by atoms with Crippen LogP contribution in [0.5, 0.6) is 0 Å². The minimum absolute atomic E-state index is 2.20. The molecular formula is C11H2S. The summed E-state index contributed by atoms with van der Waals surface area (Å²) in [5.74, 6) is 0. The van der Waals surface area contributed by atoms with Crippen molar-refractivity contribution in [2.24, 2.45) is 0 Å². The molecule has 0 aliphatic rings. The first-order valence-electron chi connectivity index (χ1n) is 2.81. The van der Waals surface area contributed by atoms with E-state index in [0.717, 1.165) is 0 Å². The molecule has 0 aromatic heterocycles. The minimum Gasteiger partial charge on any atom is -0.0687 e. The summed E-state index contributed by atoms with van der Waals surface area (Å²) in [6.45, 7) is 3.27. The molecule has 0 fully saturated rings. The van der Waals surface area contributed by atoms with E-state index in [4.69, 9.17) is 0 Å². The van der Waals surface area contributed by atoms with Crippen LogP contribution in [0.3, 0.4) is 0 Å². The highest BCUT2D eigenvalue weighted by molar-refractivity contribution is 7.78.